The van der Waals surface area contributed by atoms with Crippen LogP contribution in [0.2, 0.25) is 0 Å². The average molecular weight is 565 g/mol. The molecule has 1 atom stereocenters. The maximum Gasteiger partial charge on any atom is 0.347 e. The maximum atomic E-state index is 13.5. The lowest BCUT2D eigenvalue weighted by atomic mass is 9.75. The Labute approximate surface area is 242 Å². The number of benzene rings is 1. The number of para-hydroxylation sites is 1. The highest BCUT2D eigenvalue weighted by molar-refractivity contribution is 5.97. The number of carbonyl (C=O) groups is 2. The fraction of sp³-hybridized carbons (Fsp3) is 0.625. The van der Waals surface area contributed by atoms with Crippen LogP contribution in [0.4, 0.5) is 0 Å². The zero-order chi connectivity index (χ0) is 28.8. The van der Waals surface area contributed by atoms with Crippen LogP contribution in [0.1, 0.15) is 79.5 Å². The normalized spacial score (nSPS) is 21.6. The predicted molar refractivity (Wildman–Crippen MR) is 156 cm³/mol. The van der Waals surface area contributed by atoms with Crippen LogP contribution < -0.4 is 10.4 Å². The molecule has 2 fully saturated rings. The number of ether oxygens (including phenoxy) is 2. The number of piperidine rings is 1. The van der Waals surface area contributed by atoms with Gasteiger partial charge >= 0.3 is 5.69 Å². The molecule has 9 nitrogen and oxygen atoms in total. The molecular weight excluding hydrogens is 520 g/mol. The van der Waals surface area contributed by atoms with Gasteiger partial charge in [-0.3, -0.25) is 14.2 Å². The van der Waals surface area contributed by atoms with E-state index in [1.165, 1.54) is 0 Å². The van der Waals surface area contributed by atoms with E-state index in [2.05, 4.69) is 4.98 Å². The van der Waals surface area contributed by atoms with Crippen LogP contribution >= 0.6 is 0 Å². The van der Waals surface area contributed by atoms with Crippen molar-refractivity contribution in [1.29, 1.82) is 0 Å². The van der Waals surface area contributed by atoms with E-state index in [0.29, 0.717) is 69.3 Å². The first-order chi connectivity index (χ1) is 19.8. The number of likely N-dealkylation sites (tertiary alicyclic amines) is 1. The summed E-state index contributed by atoms with van der Waals surface area (Å²) < 4.78 is 14.2. The molecule has 1 aromatic heterocycles. The lowest BCUT2D eigenvalue weighted by Crippen LogP contribution is -2.45. The lowest BCUT2D eigenvalue weighted by Gasteiger charge is -2.42. The van der Waals surface area contributed by atoms with Crippen molar-refractivity contribution < 1.29 is 19.1 Å². The highest BCUT2D eigenvalue weighted by Gasteiger charge is 2.37. The van der Waals surface area contributed by atoms with Gasteiger partial charge in [-0.1, -0.05) is 18.6 Å². The molecule has 222 valence electrons. The Kier molecular flexibility index (Phi) is 9.42. The molecule has 0 unspecified atom stereocenters. The third-order valence-electron chi connectivity index (χ3n) is 9.14. The number of hydrogen-bond donors (Lipinski definition) is 0. The average Bonchev–Trinajstić information content (AvgIpc) is 3.43. The largest absolute Gasteiger partial charge is 0.492 e. The predicted octanol–water partition coefficient (Wildman–Crippen LogP) is 4.13. The van der Waals surface area contributed by atoms with Gasteiger partial charge in [-0.15, -0.1) is 0 Å². The van der Waals surface area contributed by atoms with E-state index >= 15 is 0 Å². The smallest absolute Gasteiger partial charge is 0.347 e. The molecule has 5 rings (SSSR count). The van der Waals surface area contributed by atoms with Crippen LogP contribution in [0.25, 0.3) is 0 Å². The number of aromatic nitrogens is 2. The topological polar surface area (TPSA) is 94.0 Å². The molecule has 3 aliphatic rings. The van der Waals surface area contributed by atoms with Crippen LogP contribution in [0.5, 0.6) is 5.75 Å². The SMILES string of the molecule is Cc1cc(C)n(CCCC(=O)N2CCC3(CCCCOC[C@@H]4CCCN4C(=O)c4ccccc4OC3)CC2)c(=O)n1. The Hall–Kier alpha value is -3.20. The number of hydrogen-bond acceptors (Lipinski definition) is 6. The van der Waals surface area contributed by atoms with Gasteiger partial charge in [0.25, 0.3) is 5.91 Å². The first kappa shape index (κ1) is 29.3. The van der Waals surface area contributed by atoms with Crippen molar-refractivity contribution in [2.75, 3.05) is 39.5 Å². The Balaban J connectivity index is 1.21. The third kappa shape index (κ3) is 7.00. The molecule has 4 heterocycles. The van der Waals surface area contributed by atoms with E-state index in [1.54, 1.807) is 4.57 Å². The number of amides is 2. The second-order valence-electron chi connectivity index (χ2n) is 12.1. The zero-order valence-corrected chi connectivity index (χ0v) is 24.6. The molecule has 2 aromatic rings. The van der Waals surface area contributed by atoms with E-state index in [4.69, 9.17) is 9.47 Å². The minimum Gasteiger partial charge on any atom is -0.492 e. The van der Waals surface area contributed by atoms with E-state index in [1.807, 2.05) is 54.0 Å². The second kappa shape index (κ2) is 13.2. The Morgan fingerprint density at radius 1 is 1.05 bits per heavy atom. The fourth-order valence-electron chi connectivity index (χ4n) is 6.64. The molecule has 9 heteroatoms. The summed E-state index contributed by atoms with van der Waals surface area (Å²) in [6, 6.07) is 9.63. The Morgan fingerprint density at radius 3 is 2.66 bits per heavy atom. The molecule has 0 aliphatic carbocycles. The summed E-state index contributed by atoms with van der Waals surface area (Å²) in [7, 11) is 0. The molecule has 0 N–H and O–H groups in total. The summed E-state index contributed by atoms with van der Waals surface area (Å²) in [5.41, 5.74) is 1.91. The summed E-state index contributed by atoms with van der Waals surface area (Å²) in [4.78, 5) is 46.8. The standard InChI is InChI=1S/C32H44N4O5/c1-24-21-25(2)35(31(39)33-24)16-8-12-29(37)34-18-14-32(15-19-34)13-5-6-20-40-22-26-9-7-17-36(26)30(38)27-10-3-4-11-28(27)41-23-32/h3-4,10-11,21,26H,5-9,12-20,22-23H2,1-2H3/t26-/m0/s1. The highest BCUT2D eigenvalue weighted by atomic mass is 16.5. The van der Waals surface area contributed by atoms with Crippen molar-refractivity contribution in [2.24, 2.45) is 5.41 Å². The van der Waals surface area contributed by atoms with Crippen molar-refractivity contribution in [3.05, 3.63) is 57.8 Å². The fourth-order valence-corrected chi connectivity index (χ4v) is 6.64. The molecule has 1 spiro atoms. The molecule has 0 saturated carbocycles. The van der Waals surface area contributed by atoms with Crippen molar-refractivity contribution in [3.8, 4) is 5.75 Å². The van der Waals surface area contributed by atoms with E-state index in [0.717, 1.165) is 57.2 Å². The minimum atomic E-state index is -0.252. The molecule has 0 radical (unpaired) electrons. The monoisotopic (exact) mass is 564 g/mol. The minimum absolute atomic E-state index is 0.0251. The van der Waals surface area contributed by atoms with Crippen LogP contribution in [0.15, 0.2) is 35.1 Å². The molecule has 3 aliphatic heterocycles. The van der Waals surface area contributed by atoms with E-state index in [9.17, 15) is 14.4 Å². The first-order valence-corrected chi connectivity index (χ1v) is 15.3. The van der Waals surface area contributed by atoms with Gasteiger partial charge in [0.05, 0.1) is 24.8 Å². The van der Waals surface area contributed by atoms with Gasteiger partial charge in [0.2, 0.25) is 5.91 Å². The van der Waals surface area contributed by atoms with E-state index in [-0.39, 0.29) is 29.0 Å². The number of fused-ring (bicyclic) bond motifs is 2. The summed E-state index contributed by atoms with van der Waals surface area (Å²) in [5, 5.41) is 0. The molecule has 41 heavy (non-hydrogen) atoms. The lowest BCUT2D eigenvalue weighted by molar-refractivity contribution is -0.134. The van der Waals surface area contributed by atoms with E-state index < -0.39 is 0 Å². The van der Waals surface area contributed by atoms with Crippen LogP contribution in [-0.4, -0.2) is 76.7 Å². The third-order valence-corrected chi connectivity index (χ3v) is 9.14. The quantitative estimate of drug-likeness (QED) is 0.554. The molecular formula is C32H44N4O5. The summed E-state index contributed by atoms with van der Waals surface area (Å²) in [6.07, 6.45) is 7.77. The van der Waals surface area contributed by atoms with Gasteiger partial charge in [0.1, 0.15) is 5.75 Å². The van der Waals surface area contributed by atoms with Crippen LogP contribution in [0, 0.1) is 19.3 Å². The Morgan fingerprint density at radius 2 is 1.85 bits per heavy atom. The highest BCUT2D eigenvalue weighted by Crippen LogP contribution is 2.38. The summed E-state index contributed by atoms with van der Waals surface area (Å²) >= 11 is 0. The van der Waals surface area contributed by atoms with Gasteiger partial charge in [0, 0.05) is 56.0 Å². The van der Waals surface area contributed by atoms with Gasteiger partial charge in [-0.25, -0.2) is 4.79 Å². The van der Waals surface area contributed by atoms with Crippen LogP contribution in [-0.2, 0) is 16.1 Å². The molecule has 1 aromatic carbocycles. The summed E-state index contributed by atoms with van der Waals surface area (Å²) in [6.45, 7) is 8.18. The molecule has 2 amide bonds. The van der Waals surface area contributed by atoms with Crippen molar-refractivity contribution in [2.45, 2.75) is 84.2 Å². The van der Waals surface area contributed by atoms with Gasteiger partial charge in [-0.05, 0) is 77.0 Å². The number of rotatable bonds is 4. The molecule has 2 saturated heterocycles. The zero-order valence-electron chi connectivity index (χ0n) is 24.6. The van der Waals surface area contributed by atoms with Crippen LogP contribution in [0.3, 0.4) is 0 Å². The number of aryl methyl sites for hydroxylation is 2. The second-order valence-corrected chi connectivity index (χ2v) is 12.1. The molecule has 0 bridgehead atoms. The van der Waals surface area contributed by atoms with Gasteiger partial charge in [0.15, 0.2) is 0 Å². The maximum absolute atomic E-state index is 13.5. The number of nitrogens with zero attached hydrogens (tertiary/aromatic N) is 4. The number of carbonyl (C=O) groups excluding carboxylic acids is 2. The van der Waals surface area contributed by atoms with Gasteiger partial charge in [-0.2, -0.15) is 4.98 Å². The summed E-state index contributed by atoms with van der Waals surface area (Å²) in [5.74, 6) is 0.809. The Bertz CT molecular complexity index is 1280. The van der Waals surface area contributed by atoms with Crippen molar-refractivity contribution >= 4 is 11.8 Å². The van der Waals surface area contributed by atoms with Crippen molar-refractivity contribution in [1.82, 2.24) is 19.4 Å². The van der Waals surface area contributed by atoms with Gasteiger partial charge < -0.3 is 19.3 Å². The van der Waals surface area contributed by atoms with Crippen molar-refractivity contribution in [3.63, 3.8) is 0 Å². The first-order valence-electron chi connectivity index (χ1n) is 15.3.